The summed E-state index contributed by atoms with van der Waals surface area (Å²) in [5, 5.41) is 8.41. The summed E-state index contributed by atoms with van der Waals surface area (Å²) in [6.07, 6.45) is -5.31. The fraction of sp³-hybridized carbons (Fsp3) is 0.125. The van der Waals surface area contributed by atoms with Crippen LogP contribution in [0.2, 0.25) is 0 Å². The SMILES string of the molecule is O=C(O)c1c(F)ccc(F)c1OC(F)(F)F. The first kappa shape index (κ1) is 12.2. The zero-order valence-corrected chi connectivity index (χ0v) is 7.31. The normalized spacial score (nSPS) is 11.3. The molecule has 0 radical (unpaired) electrons. The van der Waals surface area contributed by atoms with Crippen LogP contribution in [-0.2, 0) is 0 Å². The molecule has 0 bridgehead atoms. The molecule has 0 aliphatic rings. The Morgan fingerprint density at radius 3 is 2.12 bits per heavy atom. The molecule has 1 N–H and O–H groups in total. The second-order valence-electron chi connectivity index (χ2n) is 2.59. The summed E-state index contributed by atoms with van der Waals surface area (Å²) >= 11 is 0. The Bertz CT molecular complexity index is 426. The van der Waals surface area contributed by atoms with E-state index in [2.05, 4.69) is 4.74 Å². The Hall–Kier alpha value is -1.86. The number of aromatic carboxylic acids is 1. The first-order chi connectivity index (χ1) is 7.22. The van der Waals surface area contributed by atoms with Gasteiger partial charge >= 0.3 is 12.3 Å². The molecule has 88 valence electrons. The fourth-order valence-corrected chi connectivity index (χ4v) is 0.948. The molecule has 0 aliphatic carbocycles. The van der Waals surface area contributed by atoms with E-state index in [1.807, 2.05) is 0 Å². The van der Waals surface area contributed by atoms with Crippen LogP contribution < -0.4 is 4.74 Å². The third-order valence-corrected chi connectivity index (χ3v) is 1.49. The molecule has 8 heteroatoms. The third-order valence-electron chi connectivity index (χ3n) is 1.49. The van der Waals surface area contributed by atoms with Gasteiger partial charge in [0.05, 0.1) is 0 Å². The molecule has 0 aliphatic heterocycles. The Kier molecular flexibility index (Phi) is 3.02. The first-order valence-electron chi connectivity index (χ1n) is 3.69. The average Bonchev–Trinajstić information content (AvgIpc) is 2.08. The summed E-state index contributed by atoms with van der Waals surface area (Å²) in [7, 11) is 0. The van der Waals surface area contributed by atoms with Crippen molar-refractivity contribution < 1.29 is 36.6 Å². The van der Waals surface area contributed by atoms with Gasteiger partial charge in [0.2, 0.25) is 0 Å². The summed E-state index contributed by atoms with van der Waals surface area (Å²) in [6, 6.07) is 0.727. The number of carbonyl (C=O) groups is 1. The maximum absolute atomic E-state index is 12.9. The fourth-order valence-electron chi connectivity index (χ4n) is 0.948. The number of ether oxygens (including phenoxy) is 1. The molecular weight excluding hydrogens is 239 g/mol. The van der Waals surface area contributed by atoms with Gasteiger partial charge in [0, 0.05) is 0 Å². The van der Waals surface area contributed by atoms with Crippen LogP contribution in [0.25, 0.3) is 0 Å². The molecule has 0 spiro atoms. The van der Waals surface area contributed by atoms with Crippen molar-refractivity contribution in [1.82, 2.24) is 0 Å². The minimum Gasteiger partial charge on any atom is -0.477 e. The molecule has 0 amide bonds. The lowest BCUT2D eigenvalue weighted by Crippen LogP contribution is -2.20. The zero-order chi connectivity index (χ0) is 12.5. The van der Waals surface area contributed by atoms with E-state index < -0.39 is 35.3 Å². The Balaban J connectivity index is 3.35. The molecule has 3 nitrogen and oxygen atoms in total. The molecule has 0 fully saturated rings. The maximum Gasteiger partial charge on any atom is 0.573 e. The summed E-state index contributed by atoms with van der Waals surface area (Å²) in [6.45, 7) is 0. The van der Waals surface area contributed by atoms with Crippen molar-refractivity contribution in [2.75, 3.05) is 0 Å². The first-order valence-corrected chi connectivity index (χ1v) is 3.69. The van der Waals surface area contributed by atoms with Gasteiger partial charge in [-0.15, -0.1) is 13.2 Å². The van der Waals surface area contributed by atoms with Gasteiger partial charge in [0.25, 0.3) is 0 Å². The van der Waals surface area contributed by atoms with Crippen molar-refractivity contribution in [3.8, 4) is 5.75 Å². The lowest BCUT2D eigenvalue weighted by Gasteiger charge is -2.12. The minimum absolute atomic E-state index is 0.336. The van der Waals surface area contributed by atoms with E-state index in [0.29, 0.717) is 12.1 Å². The molecule has 0 heterocycles. The third kappa shape index (κ3) is 2.59. The molecular formula is C8H3F5O3. The minimum atomic E-state index is -5.31. The molecule has 1 rings (SSSR count). The molecule has 16 heavy (non-hydrogen) atoms. The molecule has 0 atom stereocenters. The molecule has 0 aromatic heterocycles. The van der Waals surface area contributed by atoms with Gasteiger partial charge in [-0.05, 0) is 12.1 Å². The predicted octanol–water partition coefficient (Wildman–Crippen LogP) is 2.56. The lowest BCUT2D eigenvalue weighted by molar-refractivity contribution is -0.275. The van der Waals surface area contributed by atoms with E-state index in [1.54, 1.807) is 0 Å². The van der Waals surface area contributed by atoms with E-state index in [1.165, 1.54) is 0 Å². The maximum atomic E-state index is 12.9. The van der Waals surface area contributed by atoms with Gasteiger partial charge in [-0.1, -0.05) is 0 Å². The van der Waals surface area contributed by atoms with Crippen LogP contribution in [0.3, 0.4) is 0 Å². The number of hydrogen-bond donors (Lipinski definition) is 1. The number of hydrogen-bond acceptors (Lipinski definition) is 2. The van der Waals surface area contributed by atoms with Crippen LogP contribution in [0.1, 0.15) is 10.4 Å². The van der Waals surface area contributed by atoms with Gasteiger partial charge in [-0.2, -0.15) is 0 Å². The molecule has 0 saturated carbocycles. The van der Waals surface area contributed by atoms with Gasteiger partial charge in [0.15, 0.2) is 11.6 Å². The number of benzene rings is 1. The van der Waals surface area contributed by atoms with Crippen LogP contribution in [0.4, 0.5) is 22.0 Å². The summed E-state index contributed by atoms with van der Waals surface area (Å²) in [5.74, 6) is -6.89. The summed E-state index contributed by atoms with van der Waals surface area (Å²) < 4.78 is 64.2. The van der Waals surface area contributed by atoms with Crippen molar-refractivity contribution in [3.05, 3.63) is 29.3 Å². The van der Waals surface area contributed by atoms with E-state index in [4.69, 9.17) is 5.11 Å². The lowest BCUT2D eigenvalue weighted by atomic mass is 10.2. The Labute approximate surface area is 85.1 Å². The molecule has 0 unspecified atom stereocenters. The summed E-state index contributed by atoms with van der Waals surface area (Å²) in [4.78, 5) is 10.4. The molecule has 1 aromatic rings. The van der Waals surface area contributed by atoms with Crippen LogP contribution in [-0.4, -0.2) is 17.4 Å². The highest BCUT2D eigenvalue weighted by Gasteiger charge is 2.35. The van der Waals surface area contributed by atoms with E-state index in [0.717, 1.165) is 0 Å². The quantitative estimate of drug-likeness (QED) is 0.810. The van der Waals surface area contributed by atoms with Crippen molar-refractivity contribution in [2.24, 2.45) is 0 Å². The average molecular weight is 242 g/mol. The van der Waals surface area contributed by atoms with E-state index in [9.17, 15) is 26.7 Å². The van der Waals surface area contributed by atoms with Crippen molar-refractivity contribution in [1.29, 1.82) is 0 Å². The highest BCUT2D eigenvalue weighted by molar-refractivity contribution is 5.91. The zero-order valence-electron chi connectivity index (χ0n) is 7.31. The molecule has 1 aromatic carbocycles. The Morgan fingerprint density at radius 1 is 1.19 bits per heavy atom. The highest BCUT2D eigenvalue weighted by Crippen LogP contribution is 2.30. The number of alkyl halides is 3. The van der Waals surface area contributed by atoms with Crippen molar-refractivity contribution in [3.63, 3.8) is 0 Å². The second-order valence-corrected chi connectivity index (χ2v) is 2.59. The smallest absolute Gasteiger partial charge is 0.477 e. The summed E-state index contributed by atoms with van der Waals surface area (Å²) in [5.41, 5.74) is -1.50. The van der Waals surface area contributed by atoms with Gasteiger partial charge in [-0.25, -0.2) is 13.6 Å². The monoisotopic (exact) mass is 242 g/mol. The topological polar surface area (TPSA) is 46.5 Å². The number of rotatable bonds is 2. The van der Waals surface area contributed by atoms with Gasteiger partial charge < -0.3 is 9.84 Å². The van der Waals surface area contributed by atoms with E-state index in [-0.39, 0.29) is 0 Å². The van der Waals surface area contributed by atoms with Crippen LogP contribution in [0, 0.1) is 11.6 Å². The number of carboxylic acids is 1. The Morgan fingerprint density at radius 2 is 1.69 bits per heavy atom. The van der Waals surface area contributed by atoms with Crippen LogP contribution in [0.5, 0.6) is 5.75 Å². The largest absolute Gasteiger partial charge is 0.573 e. The standard InChI is InChI=1S/C8H3F5O3/c9-3-1-2-4(10)6(5(3)7(14)15)16-8(11,12)13/h1-2H,(H,14,15). The van der Waals surface area contributed by atoms with Crippen LogP contribution >= 0.6 is 0 Å². The van der Waals surface area contributed by atoms with Gasteiger partial charge in [0.1, 0.15) is 11.4 Å². The van der Waals surface area contributed by atoms with Gasteiger partial charge in [-0.3, -0.25) is 0 Å². The van der Waals surface area contributed by atoms with Crippen molar-refractivity contribution in [2.45, 2.75) is 6.36 Å². The number of carboxylic acid groups (broad SMARTS) is 1. The van der Waals surface area contributed by atoms with E-state index >= 15 is 0 Å². The van der Waals surface area contributed by atoms with Crippen LogP contribution in [0.15, 0.2) is 12.1 Å². The predicted molar refractivity (Wildman–Crippen MR) is 40.0 cm³/mol. The van der Waals surface area contributed by atoms with Crippen molar-refractivity contribution >= 4 is 5.97 Å². The number of halogens is 5. The highest BCUT2D eigenvalue weighted by atomic mass is 19.4. The second kappa shape index (κ2) is 3.95. The molecule has 0 saturated heterocycles.